The number of aliphatic hydroxyl groups is 1. The number of carbonyl (C=O) groups excluding carboxylic acids is 1. The molecular formula is C16H17N5O3. The lowest BCUT2D eigenvalue weighted by atomic mass is 10.1. The molecule has 0 unspecified atom stereocenters. The Morgan fingerprint density at radius 2 is 2.29 bits per heavy atom. The van der Waals surface area contributed by atoms with Gasteiger partial charge in [0.05, 0.1) is 25.3 Å². The van der Waals surface area contributed by atoms with Gasteiger partial charge in [-0.05, 0) is 18.6 Å². The maximum absolute atomic E-state index is 12.0. The van der Waals surface area contributed by atoms with Crippen molar-refractivity contribution < 1.29 is 14.6 Å². The number of aliphatic hydroxyl groups excluding tert-OH is 1. The van der Waals surface area contributed by atoms with E-state index in [1.54, 1.807) is 18.0 Å². The molecule has 124 valence electrons. The van der Waals surface area contributed by atoms with Gasteiger partial charge in [0, 0.05) is 24.4 Å². The minimum absolute atomic E-state index is 0.233. The average Bonchev–Trinajstić information content (AvgIpc) is 2.95. The second-order valence-corrected chi connectivity index (χ2v) is 5.93. The first-order valence-electron chi connectivity index (χ1n) is 7.61. The number of H-pyrrole nitrogens is 1. The number of rotatable bonds is 4. The van der Waals surface area contributed by atoms with Crippen molar-refractivity contribution in [3.63, 3.8) is 0 Å². The van der Waals surface area contributed by atoms with Crippen LogP contribution in [0.5, 0.6) is 5.75 Å². The number of benzene rings is 1. The molecule has 3 N–H and O–H groups in total. The molecule has 0 saturated heterocycles. The summed E-state index contributed by atoms with van der Waals surface area (Å²) in [6, 6.07) is 3.76. The van der Waals surface area contributed by atoms with E-state index in [0.29, 0.717) is 29.2 Å². The summed E-state index contributed by atoms with van der Waals surface area (Å²) in [5, 5.41) is 16.3. The number of aromatic nitrogens is 4. The van der Waals surface area contributed by atoms with E-state index in [9.17, 15) is 9.90 Å². The third kappa shape index (κ3) is 2.41. The van der Waals surface area contributed by atoms with E-state index < -0.39 is 6.10 Å². The number of nitrogens with one attached hydrogen (secondary N) is 2. The first-order valence-corrected chi connectivity index (χ1v) is 7.61. The molecule has 0 radical (unpaired) electrons. The molecule has 0 bridgehead atoms. The molecule has 1 saturated carbocycles. The number of aromatic amines is 1. The lowest BCUT2D eigenvalue weighted by Gasteiger charge is -2.04. The SMILES string of the molecule is COc1ccc(-c2cnn(C)c2)c2nc(NC(=O)[C@@H]3C[C@@H]3O)[nH]c12. The standard InChI is InChI=1S/C16H17N5O3/c1-21-7-8(6-17-21)9-3-4-12(24-2)14-13(9)18-16(19-14)20-15(23)10-5-11(10)22/h3-4,6-7,10-11,22H,5H2,1-2H3,(H2,18,19,20,23)/t10-,11+/m1/s1. The molecule has 1 fully saturated rings. The topological polar surface area (TPSA) is 105 Å². The molecule has 8 nitrogen and oxygen atoms in total. The van der Waals surface area contributed by atoms with Crippen LogP contribution in [0.2, 0.25) is 0 Å². The number of nitrogens with zero attached hydrogens (tertiary/aromatic N) is 3. The van der Waals surface area contributed by atoms with Gasteiger partial charge in [-0.2, -0.15) is 5.10 Å². The summed E-state index contributed by atoms with van der Waals surface area (Å²) in [4.78, 5) is 19.6. The van der Waals surface area contributed by atoms with Crippen LogP contribution in [0.25, 0.3) is 22.2 Å². The highest BCUT2D eigenvalue weighted by atomic mass is 16.5. The Balaban J connectivity index is 1.76. The molecule has 1 amide bonds. The van der Waals surface area contributed by atoms with Gasteiger partial charge in [0.2, 0.25) is 11.9 Å². The Hall–Kier alpha value is -2.87. The molecule has 0 aliphatic heterocycles. The first kappa shape index (κ1) is 14.7. The number of carbonyl (C=O) groups is 1. The number of aryl methyl sites for hydroxylation is 1. The normalized spacial score (nSPS) is 19.5. The molecule has 2 aromatic heterocycles. The van der Waals surface area contributed by atoms with E-state index in [4.69, 9.17) is 4.74 Å². The predicted molar refractivity (Wildman–Crippen MR) is 87.6 cm³/mol. The molecule has 8 heteroatoms. The van der Waals surface area contributed by atoms with Crippen LogP contribution >= 0.6 is 0 Å². The molecule has 0 spiro atoms. The van der Waals surface area contributed by atoms with Crippen molar-refractivity contribution in [3.8, 4) is 16.9 Å². The van der Waals surface area contributed by atoms with Crippen LogP contribution < -0.4 is 10.1 Å². The number of fused-ring (bicyclic) bond motifs is 1. The van der Waals surface area contributed by atoms with Crippen molar-refractivity contribution in [3.05, 3.63) is 24.5 Å². The zero-order chi connectivity index (χ0) is 16.8. The fourth-order valence-electron chi connectivity index (χ4n) is 2.76. The highest BCUT2D eigenvalue weighted by Gasteiger charge is 2.42. The summed E-state index contributed by atoms with van der Waals surface area (Å²) in [6.45, 7) is 0. The van der Waals surface area contributed by atoms with Crippen LogP contribution in [-0.2, 0) is 11.8 Å². The number of amides is 1. The molecule has 1 aromatic carbocycles. The van der Waals surface area contributed by atoms with Gasteiger partial charge in [-0.3, -0.25) is 14.8 Å². The fraction of sp³-hybridized carbons (Fsp3) is 0.312. The van der Waals surface area contributed by atoms with Gasteiger partial charge in [0.1, 0.15) is 16.8 Å². The average molecular weight is 327 g/mol. The minimum atomic E-state index is -0.546. The van der Waals surface area contributed by atoms with Crippen LogP contribution in [0.3, 0.4) is 0 Å². The number of ether oxygens (including phenoxy) is 1. The summed E-state index contributed by atoms with van der Waals surface area (Å²) in [7, 11) is 3.43. The Bertz CT molecular complexity index is 929. The summed E-state index contributed by atoms with van der Waals surface area (Å²) >= 11 is 0. The van der Waals surface area contributed by atoms with E-state index in [2.05, 4.69) is 20.4 Å². The Morgan fingerprint density at radius 3 is 2.92 bits per heavy atom. The van der Waals surface area contributed by atoms with Crippen molar-refractivity contribution in [1.29, 1.82) is 0 Å². The van der Waals surface area contributed by atoms with E-state index in [1.807, 2.05) is 25.4 Å². The van der Waals surface area contributed by atoms with E-state index in [0.717, 1.165) is 11.1 Å². The number of anilines is 1. The first-order chi connectivity index (χ1) is 11.6. The molecular weight excluding hydrogens is 310 g/mol. The van der Waals surface area contributed by atoms with Crippen LogP contribution in [0.1, 0.15) is 6.42 Å². The van der Waals surface area contributed by atoms with Gasteiger partial charge in [-0.1, -0.05) is 0 Å². The van der Waals surface area contributed by atoms with Crippen molar-refractivity contribution >= 4 is 22.9 Å². The lowest BCUT2D eigenvalue weighted by Crippen LogP contribution is -2.16. The number of methoxy groups -OCH3 is 1. The molecule has 4 rings (SSSR count). The quantitative estimate of drug-likeness (QED) is 0.670. The van der Waals surface area contributed by atoms with E-state index in [-0.39, 0.29) is 11.8 Å². The third-order valence-corrected chi connectivity index (χ3v) is 4.18. The van der Waals surface area contributed by atoms with Crippen molar-refractivity contribution in [2.24, 2.45) is 13.0 Å². The van der Waals surface area contributed by atoms with Gasteiger partial charge >= 0.3 is 0 Å². The van der Waals surface area contributed by atoms with Crippen molar-refractivity contribution in [2.45, 2.75) is 12.5 Å². The predicted octanol–water partition coefficient (Wildman–Crippen LogP) is 1.29. The van der Waals surface area contributed by atoms with Gasteiger partial charge in [-0.15, -0.1) is 0 Å². The number of hydrogen-bond donors (Lipinski definition) is 3. The molecule has 24 heavy (non-hydrogen) atoms. The van der Waals surface area contributed by atoms with Crippen LogP contribution in [0, 0.1) is 5.92 Å². The van der Waals surface area contributed by atoms with E-state index >= 15 is 0 Å². The van der Waals surface area contributed by atoms with Crippen molar-refractivity contribution in [2.75, 3.05) is 12.4 Å². The van der Waals surface area contributed by atoms with Crippen LogP contribution in [-0.4, -0.2) is 44.0 Å². The number of hydrogen-bond acceptors (Lipinski definition) is 5. The zero-order valence-electron chi connectivity index (χ0n) is 13.3. The Kier molecular flexibility index (Phi) is 3.27. The van der Waals surface area contributed by atoms with Gasteiger partial charge in [0.25, 0.3) is 0 Å². The van der Waals surface area contributed by atoms with Crippen LogP contribution in [0.15, 0.2) is 24.5 Å². The largest absolute Gasteiger partial charge is 0.494 e. The summed E-state index contributed by atoms with van der Waals surface area (Å²) in [5.74, 6) is 0.391. The monoisotopic (exact) mass is 327 g/mol. The molecule has 1 aliphatic rings. The highest BCUT2D eigenvalue weighted by Crippen LogP contribution is 2.35. The van der Waals surface area contributed by atoms with Gasteiger partial charge in [0.15, 0.2) is 0 Å². The zero-order valence-corrected chi connectivity index (χ0v) is 13.3. The highest BCUT2D eigenvalue weighted by molar-refractivity contribution is 5.99. The minimum Gasteiger partial charge on any atom is -0.494 e. The smallest absolute Gasteiger partial charge is 0.232 e. The maximum Gasteiger partial charge on any atom is 0.232 e. The van der Waals surface area contributed by atoms with Crippen LogP contribution in [0.4, 0.5) is 5.95 Å². The molecule has 2 atom stereocenters. The number of imidazole rings is 1. The second-order valence-electron chi connectivity index (χ2n) is 5.93. The summed E-state index contributed by atoms with van der Waals surface area (Å²) < 4.78 is 7.09. The third-order valence-electron chi connectivity index (χ3n) is 4.18. The fourth-order valence-corrected chi connectivity index (χ4v) is 2.76. The summed E-state index contributed by atoms with van der Waals surface area (Å²) in [6.07, 6.45) is 3.61. The van der Waals surface area contributed by atoms with Crippen molar-refractivity contribution in [1.82, 2.24) is 19.7 Å². The summed E-state index contributed by atoms with van der Waals surface area (Å²) in [5.41, 5.74) is 3.20. The maximum atomic E-state index is 12.0. The molecule has 3 aromatic rings. The van der Waals surface area contributed by atoms with Gasteiger partial charge < -0.3 is 14.8 Å². The lowest BCUT2D eigenvalue weighted by molar-refractivity contribution is -0.118. The second kappa shape index (κ2) is 5.34. The molecule has 1 aliphatic carbocycles. The Labute approximate surface area is 137 Å². The van der Waals surface area contributed by atoms with E-state index in [1.165, 1.54) is 0 Å². The van der Waals surface area contributed by atoms with Gasteiger partial charge in [-0.25, -0.2) is 4.98 Å². The Morgan fingerprint density at radius 1 is 1.50 bits per heavy atom. The molecule has 2 heterocycles.